The van der Waals surface area contributed by atoms with E-state index in [0.717, 1.165) is 5.56 Å². The van der Waals surface area contributed by atoms with E-state index >= 15 is 0 Å². The highest BCUT2D eigenvalue weighted by molar-refractivity contribution is 5.58. The molecule has 1 aromatic carbocycles. The zero-order valence-electron chi connectivity index (χ0n) is 11.8. The fourth-order valence-corrected chi connectivity index (χ4v) is 2.03. The number of rotatable bonds is 2. The summed E-state index contributed by atoms with van der Waals surface area (Å²) in [5, 5.41) is 7.13. The molecule has 3 aromatic rings. The molecule has 0 saturated carbocycles. The minimum absolute atomic E-state index is 0.150. The molecule has 0 aliphatic carbocycles. The first-order valence-electron chi connectivity index (χ1n) is 6.61. The largest absolute Gasteiger partial charge is 0.461 e. The highest BCUT2D eigenvalue weighted by atomic mass is 16.3. The van der Waals surface area contributed by atoms with E-state index in [4.69, 9.17) is 4.42 Å². The molecule has 2 aromatic heterocycles. The molecule has 20 heavy (non-hydrogen) atoms. The Labute approximate surface area is 117 Å². The van der Waals surface area contributed by atoms with Gasteiger partial charge in [-0.3, -0.25) is 5.10 Å². The Hall–Kier alpha value is -2.36. The van der Waals surface area contributed by atoms with E-state index in [9.17, 15) is 0 Å². The van der Waals surface area contributed by atoms with Crippen molar-refractivity contribution in [1.29, 1.82) is 0 Å². The van der Waals surface area contributed by atoms with Gasteiger partial charge in [0.25, 0.3) is 0 Å². The van der Waals surface area contributed by atoms with Crippen molar-refractivity contribution in [1.82, 2.24) is 15.2 Å². The summed E-state index contributed by atoms with van der Waals surface area (Å²) in [5.74, 6) is 2.01. The first-order valence-corrected chi connectivity index (χ1v) is 6.61. The molecule has 0 fully saturated rings. The highest BCUT2D eigenvalue weighted by Crippen LogP contribution is 2.25. The van der Waals surface area contributed by atoms with Gasteiger partial charge in [-0.05, 0) is 23.1 Å². The van der Waals surface area contributed by atoms with Gasteiger partial charge in [0.05, 0.1) is 6.26 Å². The molecular formula is C16H17N3O. The van der Waals surface area contributed by atoms with Gasteiger partial charge < -0.3 is 4.42 Å². The molecule has 1 N–H and O–H groups in total. The van der Waals surface area contributed by atoms with Crippen LogP contribution in [0.25, 0.3) is 23.0 Å². The Morgan fingerprint density at radius 3 is 2.40 bits per heavy atom. The lowest BCUT2D eigenvalue weighted by Crippen LogP contribution is -2.10. The molecule has 0 aliphatic rings. The molecule has 0 unspecified atom stereocenters. The van der Waals surface area contributed by atoms with Crippen molar-refractivity contribution in [2.75, 3.05) is 0 Å². The van der Waals surface area contributed by atoms with Crippen molar-refractivity contribution in [3.05, 3.63) is 48.2 Å². The smallest absolute Gasteiger partial charge is 0.192 e. The van der Waals surface area contributed by atoms with Crippen LogP contribution in [-0.2, 0) is 5.41 Å². The number of H-pyrrole nitrogens is 1. The average molecular weight is 267 g/mol. The fraction of sp³-hybridized carbons (Fsp3) is 0.250. The van der Waals surface area contributed by atoms with E-state index in [-0.39, 0.29) is 5.41 Å². The third kappa shape index (κ3) is 2.37. The summed E-state index contributed by atoms with van der Waals surface area (Å²) in [6.45, 7) is 6.59. The average Bonchev–Trinajstić information content (AvgIpc) is 3.09. The molecule has 4 nitrogen and oxygen atoms in total. The third-order valence-electron chi connectivity index (χ3n) is 3.25. The van der Waals surface area contributed by atoms with Crippen LogP contribution in [0, 0.1) is 0 Å². The first kappa shape index (κ1) is 12.7. The van der Waals surface area contributed by atoms with Gasteiger partial charge in [0, 0.05) is 5.56 Å². The number of nitrogens with one attached hydrogen (secondary N) is 1. The molecule has 2 heterocycles. The summed E-state index contributed by atoms with van der Waals surface area (Å²) in [6, 6.07) is 12.0. The van der Waals surface area contributed by atoms with Crippen LogP contribution in [0.1, 0.15) is 26.3 Å². The molecule has 0 radical (unpaired) electrons. The zero-order valence-corrected chi connectivity index (χ0v) is 11.8. The van der Waals surface area contributed by atoms with Crippen LogP contribution < -0.4 is 0 Å². The Morgan fingerprint density at radius 1 is 1.05 bits per heavy atom. The van der Waals surface area contributed by atoms with Crippen molar-refractivity contribution >= 4 is 0 Å². The number of aromatic amines is 1. The molecule has 0 aliphatic heterocycles. The SMILES string of the molecule is CC(C)(C)c1ccc(-c2n[nH]c(-c3ccco3)n2)cc1. The van der Waals surface area contributed by atoms with Gasteiger partial charge in [0.1, 0.15) is 0 Å². The highest BCUT2D eigenvalue weighted by Gasteiger charge is 2.14. The Kier molecular flexibility index (Phi) is 2.93. The Bertz CT molecular complexity index is 688. The second-order valence-corrected chi connectivity index (χ2v) is 5.81. The number of furan rings is 1. The predicted octanol–water partition coefficient (Wildman–Crippen LogP) is 4.03. The number of nitrogens with zero attached hydrogens (tertiary/aromatic N) is 2. The Morgan fingerprint density at radius 2 is 1.80 bits per heavy atom. The molecule has 102 valence electrons. The minimum atomic E-state index is 0.150. The van der Waals surface area contributed by atoms with Crippen molar-refractivity contribution < 1.29 is 4.42 Å². The van der Waals surface area contributed by atoms with Gasteiger partial charge in [-0.2, -0.15) is 5.10 Å². The Balaban J connectivity index is 1.90. The van der Waals surface area contributed by atoms with Crippen LogP contribution in [0.3, 0.4) is 0 Å². The summed E-state index contributed by atoms with van der Waals surface area (Å²) >= 11 is 0. The summed E-state index contributed by atoms with van der Waals surface area (Å²) in [6.07, 6.45) is 1.62. The maximum Gasteiger partial charge on any atom is 0.192 e. The van der Waals surface area contributed by atoms with E-state index in [0.29, 0.717) is 17.4 Å². The molecule has 4 heteroatoms. The van der Waals surface area contributed by atoms with Gasteiger partial charge in [-0.1, -0.05) is 45.0 Å². The molecule has 0 saturated heterocycles. The third-order valence-corrected chi connectivity index (χ3v) is 3.25. The van der Waals surface area contributed by atoms with Gasteiger partial charge >= 0.3 is 0 Å². The minimum Gasteiger partial charge on any atom is -0.461 e. The summed E-state index contributed by atoms with van der Waals surface area (Å²) in [4.78, 5) is 4.45. The van der Waals surface area contributed by atoms with Crippen molar-refractivity contribution in [2.24, 2.45) is 0 Å². The molecule has 0 bridgehead atoms. The summed E-state index contributed by atoms with van der Waals surface area (Å²) in [7, 11) is 0. The van der Waals surface area contributed by atoms with Crippen molar-refractivity contribution in [3.8, 4) is 23.0 Å². The van der Waals surface area contributed by atoms with Crippen LogP contribution in [-0.4, -0.2) is 15.2 Å². The molecule has 0 spiro atoms. The van der Waals surface area contributed by atoms with Gasteiger partial charge in [-0.25, -0.2) is 4.98 Å². The number of hydrogen-bond donors (Lipinski definition) is 1. The molecule has 0 amide bonds. The van der Waals surface area contributed by atoms with Crippen molar-refractivity contribution in [3.63, 3.8) is 0 Å². The standard InChI is InChI=1S/C16H17N3O/c1-16(2,3)12-8-6-11(7-9-12)14-17-15(19-18-14)13-5-4-10-20-13/h4-10H,1-3H3,(H,17,18,19). The lowest BCUT2D eigenvalue weighted by atomic mass is 9.87. The van der Waals surface area contributed by atoms with Crippen LogP contribution in [0.5, 0.6) is 0 Å². The number of benzene rings is 1. The van der Waals surface area contributed by atoms with Crippen molar-refractivity contribution in [2.45, 2.75) is 26.2 Å². The van der Waals surface area contributed by atoms with E-state index < -0.39 is 0 Å². The maximum atomic E-state index is 5.30. The topological polar surface area (TPSA) is 54.7 Å². The lowest BCUT2D eigenvalue weighted by molar-refractivity contribution is 0.577. The summed E-state index contributed by atoms with van der Waals surface area (Å²) in [5.41, 5.74) is 2.44. The van der Waals surface area contributed by atoms with Crippen LogP contribution >= 0.6 is 0 Å². The lowest BCUT2D eigenvalue weighted by Gasteiger charge is -2.18. The zero-order chi connectivity index (χ0) is 14.2. The maximum absolute atomic E-state index is 5.30. The molecule has 3 rings (SSSR count). The van der Waals surface area contributed by atoms with Crippen LogP contribution in [0.4, 0.5) is 0 Å². The van der Waals surface area contributed by atoms with Crippen LogP contribution in [0.15, 0.2) is 47.1 Å². The van der Waals surface area contributed by atoms with Gasteiger partial charge in [0.2, 0.25) is 0 Å². The van der Waals surface area contributed by atoms with Gasteiger partial charge in [-0.15, -0.1) is 0 Å². The normalized spacial score (nSPS) is 11.8. The predicted molar refractivity (Wildman–Crippen MR) is 78.2 cm³/mol. The summed E-state index contributed by atoms with van der Waals surface area (Å²) < 4.78 is 5.30. The number of hydrogen-bond acceptors (Lipinski definition) is 3. The molecular weight excluding hydrogens is 250 g/mol. The van der Waals surface area contributed by atoms with Gasteiger partial charge in [0.15, 0.2) is 17.4 Å². The fourth-order valence-electron chi connectivity index (χ4n) is 2.03. The second kappa shape index (κ2) is 4.63. The van der Waals surface area contributed by atoms with Crippen LogP contribution in [0.2, 0.25) is 0 Å². The quantitative estimate of drug-likeness (QED) is 0.762. The van der Waals surface area contributed by atoms with E-state index in [1.807, 2.05) is 12.1 Å². The molecule has 0 atom stereocenters. The van der Waals surface area contributed by atoms with E-state index in [1.54, 1.807) is 6.26 Å². The monoisotopic (exact) mass is 267 g/mol. The second-order valence-electron chi connectivity index (χ2n) is 5.81. The first-order chi connectivity index (χ1) is 9.54. The van der Waals surface area contributed by atoms with E-state index in [2.05, 4.69) is 60.2 Å². The van der Waals surface area contributed by atoms with E-state index in [1.165, 1.54) is 5.56 Å². The number of aromatic nitrogens is 3.